The van der Waals surface area contributed by atoms with Gasteiger partial charge in [0.2, 0.25) is 0 Å². The average Bonchev–Trinajstić information content (AvgIpc) is 1.99. The van der Waals surface area contributed by atoms with Gasteiger partial charge in [-0.15, -0.1) is 4.72 Å². The van der Waals surface area contributed by atoms with Gasteiger partial charge in [0, 0.05) is 13.1 Å². The van der Waals surface area contributed by atoms with Crippen molar-refractivity contribution in [2.45, 2.75) is 26.1 Å². The maximum atomic E-state index is 11.9. The van der Waals surface area contributed by atoms with Crippen LogP contribution in [0.2, 0.25) is 0 Å². The molecule has 1 saturated heterocycles. The lowest BCUT2D eigenvalue weighted by atomic mass is 10.0. The van der Waals surface area contributed by atoms with Gasteiger partial charge in [-0.3, -0.25) is 0 Å². The minimum Gasteiger partial charge on any atom is -0.195 e. The van der Waals surface area contributed by atoms with Gasteiger partial charge in [0.05, 0.1) is 0 Å². The quantitative estimate of drug-likeness (QED) is 0.741. The van der Waals surface area contributed by atoms with Gasteiger partial charge in [0.25, 0.3) is 10.2 Å². The average molecular weight is 246 g/mol. The minimum atomic E-state index is -4.90. The summed E-state index contributed by atoms with van der Waals surface area (Å²) in [4.78, 5) is 0. The normalized spacial score (nSPS) is 25.5. The van der Waals surface area contributed by atoms with Crippen LogP contribution in [0.4, 0.5) is 13.2 Å². The predicted molar refractivity (Wildman–Crippen MR) is 48.1 cm³/mol. The van der Waals surface area contributed by atoms with E-state index >= 15 is 0 Å². The van der Waals surface area contributed by atoms with E-state index < -0.39 is 16.5 Å². The number of alkyl halides is 3. The topological polar surface area (TPSA) is 49.4 Å². The third-order valence-electron chi connectivity index (χ3n) is 2.20. The van der Waals surface area contributed by atoms with Crippen molar-refractivity contribution in [2.75, 3.05) is 13.1 Å². The molecule has 1 aliphatic heterocycles. The molecule has 1 atom stereocenters. The maximum absolute atomic E-state index is 11.9. The molecule has 0 aromatic heterocycles. The van der Waals surface area contributed by atoms with Crippen molar-refractivity contribution in [1.82, 2.24) is 9.03 Å². The number of piperidine rings is 1. The molecule has 0 aromatic carbocycles. The van der Waals surface area contributed by atoms with E-state index in [9.17, 15) is 21.6 Å². The summed E-state index contributed by atoms with van der Waals surface area (Å²) in [5.74, 6) is 0.101. The van der Waals surface area contributed by atoms with E-state index in [1.807, 2.05) is 6.92 Å². The van der Waals surface area contributed by atoms with E-state index in [0.717, 1.165) is 10.7 Å². The maximum Gasteiger partial charge on any atom is 0.471 e. The Morgan fingerprint density at radius 2 is 2.00 bits per heavy atom. The number of halogens is 3. The van der Waals surface area contributed by atoms with Gasteiger partial charge >= 0.3 is 6.30 Å². The zero-order valence-electron chi connectivity index (χ0n) is 8.21. The number of rotatable bonds is 2. The zero-order chi connectivity index (χ0) is 11.7. The number of nitrogens with one attached hydrogen (secondary N) is 1. The van der Waals surface area contributed by atoms with E-state index in [4.69, 9.17) is 0 Å². The van der Waals surface area contributed by atoms with Crippen LogP contribution in [0.1, 0.15) is 19.8 Å². The van der Waals surface area contributed by atoms with Crippen molar-refractivity contribution in [2.24, 2.45) is 5.92 Å². The molecule has 1 heterocycles. The third kappa shape index (κ3) is 3.96. The van der Waals surface area contributed by atoms with Crippen LogP contribution in [0, 0.1) is 5.92 Å². The number of hydrogen-bond donors (Lipinski definition) is 1. The predicted octanol–water partition coefficient (Wildman–Crippen LogP) is 1.07. The van der Waals surface area contributed by atoms with E-state index in [0.29, 0.717) is 11.1 Å². The fourth-order valence-corrected chi connectivity index (χ4v) is 2.82. The molecule has 0 amide bonds. The van der Waals surface area contributed by atoms with Crippen LogP contribution in [-0.4, -0.2) is 32.1 Å². The highest BCUT2D eigenvalue weighted by atomic mass is 32.2. The summed E-state index contributed by atoms with van der Waals surface area (Å²) in [6.07, 6.45) is -3.46. The minimum absolute atomic E-state index is 0.101. The summed E-state index contributed by atoms with van der Waals surface area (Å²) in [5.41, 5.74) is 0. The first kappa shape index (κ1) is 12.7. The smallest absolute Gasteiger partial charge is 0.195 e. The molecular formula is C7H13F3N2O2S. The second-order valence-electron chi connectivity index (χ2n) is 3.71. The second kappa shape index (κ2) is 4.26. The van der Waals surface area contributed by atoms with Gasteiger partial charge in [-0.25, -0.2) is 0 Å². The van der Waals surface area contributed by atoms with Crippen LogP contribution in [0.5, 0.6) is 0 Å². The Morgan fingerprint density at radius 1 is 1.40 bits per heavy atom. The van der Waals surface area contributed by atoms with Crippen LogP contribution >= 0.6 is 0 Å². The SMILES string of the molecule is CC1CCCN(S(=O)(=O)NC(F)(F)F)C1. The van der Waals surface area contributed by atoms with E-state index in [1.54, 1.807) is 0 Å². The molecule has 90 valence electrons. The van der Waals surface area contributed by atoms with Crippen molar-refractivity contribution in [3.8, 4) is 0 Å². The Hall–Kier alpha value is -0.340. The first-order valence-corrected chi connectivity index (χ1v) is 6.00. The molecule has 8 heteroatoms. The Balaban J connectivity index is 2.69. The van der Waals surface area contributed by atoms with Crippen LogP contribution in [0.3, 0.4) is 0 Å². The van der Waals surface area contributed by atoms with Gasteiger partial charge in [-0.1, -0.05) is 6.92 Å². The van der Waals surface area contributed by atoms with E-state index in [-0.39, 0.29) is 19.0 Å². The Labute approximate surface area is 86.6 Å². The molecule has 1 fully saturated rings. The third-order valence-corrected chi connectivity index (χ3v) is 3.71. The highest BCUT2D eigenvalue weighted by Gasteiger charge is 2.38. The van der Waals surface area contributed by atoms with Crippen molar-refractivity contribution in [3.05, 3.63) is 0 Å². The highest BCUT2D eigenvalue weighted by molar-refractivity contribution is 7.87. The highest BCUT2D eigenvalue weighted by Crippen LogP contribution is 2.20. The molecule has 0 bridgehead atoms. The molecule has 1 unspecified atom stereocenters. The van der Waals surface area contributed by atoms with Crippen LogP contribution in [0.15, 0.2) is 0 Å². The fraction of sp³-hybridized carbons (Fsp3) is 1.00. The molecule has 1 N–H and O–H groups in total. The lowest BCUT2D eigenvalue weighted by molar-refractivity contribution is -0.139. The molecule has 0 aliphatic carbocycles. The molecule has 4 nitrogen and oxygen atoms in total. The van der Waals surface area contributed by atoms with Gasteiger partial charge < -0.3 is 0 Å². The molecule has 0 radical (unpaired) electrons. The van der Waals surface area contributed by atoms with Crippen molar-refractivity contribution in [1.29, 1.82) is 0 Å². The van der Waals surface area contributed by atoms with Gasteiger partial charge in [-0.05, 0) is 18.8 Å². The Bertz CT molecular complexity index is 315. The summed E-state index contributed by atoms with van der Waals surface area (Å²) in [6, 6.07) is 0. The summed E-state index contributed by atoms with van der Waals surface area (Å²) >= 11 is 0. The summed E-state index contributed by atoms with van der Waals surface area (Å²) in [5, 5.41) is 0. The summed E-state index contributed by atoms with van der Waals surface area (Å²) in [6.45, 7) is 2.11. The molecule has 15 heavy (non-hydrogen) atoms. The van der Waals surface area contributed by atoms with Crippen LogP contribution in [-0.2, 0) is 10.2 Å². The Kier molecular flexibility index (Phi) is 3.62. The van der Waals surface area contributed by atoms with Crippen LogP contribution < -0.4 is 4.72 Å². The Morgan fingerprint density at radius 3 is 2.47 bits per heavy atom. The van der Waals surface area contributed by atoms with Crippen molar-refractivity contribution in [3.63, 3.8) is 0 Å². The first-order chi connectivity index (χ1) is 6.71. The van der Waals surface area contributed by atoms with Gasteiger partial charge in [-0.2, -0.15) is 25.9 Å². The summed E-state index contributed by atoms with van der Waals surface area (Å²) < 4.78 is 59.7. The molecule has 0 aromatic rings. The van der Waals surface area contributed by atoms with Crippen LogP contribution in [0.25, 0.3) is 0 Å². The summed E-state index contributed by atoms with van der Waals surface area (Å²) in [7, 11) is -4.42. The lowest BCUT2D eigenvalue weighted by Gasteiger charge is -2.30. The molecule has 1 aliphatic rings. The standard InChI is InChI=1S/C7H13F3N2O2S/c1-6-3-2-4-12(5-6)15(13,14)11-7(8,9)10/h6,11H,2-5H2,1H3. The molecule has 1 rings (SSSR count). The number of nitrogens with zero attached hydrogens (tertiary/aromatic N) is 1. The van der Waals surface area contributed by atoms with Gasteiger partial charge in [0.15, 0.2) is 0 Å². The zero-order valence-corrected chi connectivity index (χ0v) is 9.03. The second-order valence-corrected chi connectivity index (χ2v) is 5.38. The van der Waals surface area contributed by atoms with Gasteiger partial charge in [0.1, 0.15) is 0 Å². The van der Waals surface area contributed by atoms with E-state index in [1.165, 1.54) is 0 Å². The number of hydrogen-bond acceptors (Lipinski definition) is 2. The lowest BCUT2D eigenvalue weighted by Crippen LogP contribution is -2.49. The molecular weight excluding hydrogens is 233 g/mol. The largest absolute Gasteiger partial charge is 0.471 e. The molecule has 0 spiro atoms. The first-order valence-electron chi connectivity index (χ1n) is 4.56. The fourth-order valence-electron chi connectivity index (χ4n) is 1.58. The van der Waals surface area contributed by atoms with Crippen molar-refractivity contribution < 1.29 is 21.6 Å². The van der Waals surface area contributed by atoms with Crippen molar-refractivity contribution >= 4 is 10.2 Å². The monoisotopic (exact) mass is 246 g/mol. The van der Waals surface area contributed by atoms with E-state index in [2.05, 4.69) is 0 Å². The molecule has 0 saturated carbocycles.